The van der Waals surface area contributed by atoms with Crippen LogP contribution in [0.25, 0.3) is 0 Å². The predicted octanol–water partition coefficient (Wildman–Crippen LogP) is 1.12. The second-order valence-corrected chi connectivity index (χ2v) is 7.68. The first-order valence-corrected chi connectivity index (χ1v) is 8.89. The minimum absolute atomic E-state index is 0.0756. The first-order valence-electron chi connectivity index (χ1n) is 6.96. The summed E-state index contributed by atoms with van der Waals surface area (Å²) in [7, 11) is -0.344. The molecule has 2 bridgehead atoms. The standard InChI is InChI=1S/C12H25NO4Si/c1-3-15-18-9-5-7-14-11-12(17-18)10-13(2)6-4-8-16-18/h12H,3-11H2,1-2H3. The minimum atomic E-state index is -2.47. The molecule has 0 N–H and O–H groups in total. The van der Waals surface area contributed by atoms with Gasteiger partial charge >= 0.3 is 8.80 Å². The molecule has 5 nitrogen and oxygen atoms in total. The fourth-order valence-corrected chi connectivity index (χ4v) is 5.27. The highest BCUT2D eigenvalue weighted by Crippen LogP contribution is 2.24. The van der Waals surface area contributed by atoms with Crippen molar-refractivity contribution in [3.8, 4) is 0 Å². The van der Waals surface area contributed by atoms with Crippen molar-refractivity contribution >= 4 is 8.80 Å². The van der Waals surface area contributed by atoms with Crippen LogP contribution in [0.5, 0.6) is 0 Å². The molecular weight excluding hydrogens is 250 g/mol. The molecule has 0 saturated carbocycles. The molecule has 0 aliphatic carbocycles. The fraction of sp³-hybridized carbons (Fsp3) is 1.00. The molecule has 2 heterocycles. The lowest BCUT2D eigenvalue weighted by atomic mass is 10.3. The fourth-order valence-electron chi connectivity index (χ4n) is 2.52. The van der Waals surface area contributed by atoms with Gasteiger partial charge in [-0.1, -0.05) is 0 Å². The van der Waals surface area contributed by atoms with Crippen LogP contribution in [0.1, 0.15) is 19.8 Å². The molecule has 2 rings (SSSR count). The first-order chi connectivity index (χ1) is 8.74. The Morgan fingerprint density at radius 1 is 1.33 bits per heavy atom. The van der Waals surface area contributed by atoms with Gasteiger partial charge in [-0.05, 0) is 26.8 Å². The Morgan fingerprint density at radius 2 is 2.22 bits per heavy atom. The Kier molecular flexibility index (Phi) is 5.59. The van der Waals surface area contributed by atoms with E-state index in [1.54, 1.807) is 0 Å². The van der Waals surface area contributed by atoms with Gasteiger partial charge in [0.1, 0.15) is 0 Å². The Balaban J connectivity index is 2.10. The quantitative estimate of drug-likeness (QED) is 0.706. The maximum Gasteiger partial charge on any atom is 0.501 e. The highest BCUT2D eigenvalue weighted by Gasteiger charge is 2.44. The molecule has 0 amide bonds. The lowest BCUT2D eigenvalue weighted by Gasteiger charge is -2.34. The van der Waals surface area contributed by atoms with Gasteiger partial charge in [-0.2, -0.15) is 0 Å². The summed E-state index contributed by atoms with van der Waals surface area (Å²) in [6.45, 7) is 6.78. The molecule has 2 fully saturated rings. The summed E-state index contributed by atoms with van der Waals surface area (Å²) in [6, 6.07) is 0.876. The van der Waals surface area contributed by atoms with E-state index in [1.807, 2.05) is 6.92 Å². The molecule has 0 radical (unpaired) electrons. The van der Waals surface area contributed by atoms with E-state index in [9.17, 15) is 0 Å². The molecule has 2 atom stereocenters. The molecule has 18 heavy (non-hydrogen) atoms. The van der Waals surface area contributed by atoms with E-state index >= 15 is 0 Å². The van der Waals surface area contributed by atoms with Gasteiger partial charge in [0.2, 0.25) is 0 Å². The van der Waals surface area contributed by atoms with Gasteiger partial charge in [-0.15, -0.1) is 0 Å². The number of rotatable bonds is 2. The second kappa shape index (κ2) is 6.98. The van der Waals surface area contributed by atoms with Crippen molar-refractivity contribution in [2.24, 2.45) is 0 Å². The molecule has 0 spiro atoms. The van der Waals surface area contributed by atoms with E-state index in [2.05, 4.69) is 11.9 Å². The zero-order chi connectivity index (χ0) is 12.8. The van der Waals surface area contributed by atoms with Crippen LogP contribution in [-0.2, 0) is 18.0 Å². The summed E-state index contributed by atoms with van der Waals surface area (Å²) in [5.41, 5.74) is 0. The minimum Gasteiger partial charge on any atom is -0.379 e. The van der Waals surface area contributed by atoms with Crippen molar-refractivity contribution in [1.82, 2.24) is 4.90 Å². The van der Waals surface area contributed by atoms with Crippen molar-refractivity contribution in [1.29, 1.82) is 0 Å². The van der Waals surface area contributed by atoms with Crippen LogP contribution in [0.4, 0.5) is 0 Å². The van der Waals surface area contributed by atoms with Gasteiger partial charge in [0.25, 0.3) is 0 Å². The monoisotopic (exact) mass is 275 g/mol. The zero-order valence-electron chi connectivity index (χ0n) is 11.5. The van der Waals surface area contributed by atoms with Crippen molar-refractivity contribution in [2.75, 3.05) is 46.6 Å². The van der Waals surface area contributed by atoms with Crippen LogP contribution in [0, 0.1) is 0 Å². The van der Waals surface area contributed by atoms with E-state index in [0.717, 1.165) is 45.2 Å². The topological polar surface area (TPSA) is 40.2 Å². The molecule has 0 aromatic carbocycles. The molecular formula is C12H25NO4Si. The Labute approximate surface area is 111 Å². The summed E-state index contributed by atoms with van der Waals surface area (Å²) in [4.78, 5) is 2.29. The highest BCUT2D eigenvalue weighted by molar-refractivity contribution is 6.60. The normalized spacial score (nSPS) is 36.0. The number of fused-ring (bicyclic) bond motifs is 2. The summed E-state index contributed by atoms with van der Waals surface area (Å²) in [5.74, 6) is 0. The van der Waals surface area contributed by atoms with E-state index in [1.165, 1.54) is 0 Å². The third-order valence-electron chi connectivity index (χ3n) is 3.31. The number of likely N-dealkylation sites (N-methyl/N-ethyl adjacent to an activating group) is 1. The molecule has 6 heteroatoms. The largest absolute Gasteiger partial charge is 0.501 e. The first kappa shape index (κ1) is 14.4. The number of hydrogen-bond acceptors (Lipinski definition) is 5. The number of ether oxygens (including phenoxy) is 1. The Hall–Kier alpha value is 0.0169. The molecule has 2 saturated heterocycles. The molecule has 0 aromatic heterocycles. The molecule has 2 aliphatic rings. The summed E-state index contributed by atoms with van der Waals surface area (Å²) in [6.07, 6.45) is 2.08. The van der Waals surface area contributed by atoms with Crippen LogP contribution in [0.15, 0.2) is 0 Å². The average molecular weight is 275 g/mol. The van der Waals surface area contributed by atoms with E-state index < -0.39 is 8.80 Å². The van der Waals surface area contributed by atoms with Crippen LogP contribution in [-0.4, -0.2) is 66.4 Å². The zero-order valence-corrected chi connectivity index (χ0v) is 12.5. The van der Waals surface area contributed by atoms with E-state index in [4.69, 9.17) is 18.0 Å². The van der Waals surface area contributed by atoms with Gasteiger partial charge in [-0.25, -0.2) is 0 Å². The highest BCUT2D eigenvalue weighted by atomic mass is 28.4. The number of hydrogen-bond donors (Lipinski definition) is 0. The maximum atomic E-state index is 6.24. The third kappa shape index (κ3) is 4.01. The molecule has 2 aliphatic heterocycles. The molecule has 106 valence electrons. The van der Waals surface area contributed by atoms with Crippen LogP contribution in [0.2, 0.25) is 6.04 Å². The summed E-state index contributed by atoms with van der Waals surface area (Å²) in [5, 5.41) is 0. The van der Waals surface area contributed by atoms with E-state index in [0.29, 0.717) is 13.2 Å². The van der Waals surface area contributed by atoms with Crippen molar-refractivity contribution in [3.05, 3.63) is 0 Å². The van der Waals surface area contributed by atoms with Gasteiger partial charge in [0, 0.05) is 39.0 Å². The molecule has 2 unspecified atom stereocenters. The van der Waals surface area contributed by atoms with Gasteiger partial charge < -0.3 is 22.9 Å². The summed E-state index contributed by atoms with van der Waals surface area (Å²) >= 11 is 0. The SMILES string of the molecule is CCO[Si]12CCCOCC(CN(C)CCCO1)O2. The number of nitrogens with zero attached hydrogens (tertiary/aromatic N) is 1. The second-order valence-electron chi connectivity index (χ2n) is 5.00. The Morgan fingerprint density at radius 3 is 3.06 bits per heavy atom. The lowest BCUT2D eigenvalue weighted by molar-refractivity contribution is -0.0285. The van der Waals surface area contributed by atoms with E-state index in [-0.39, 0.29) is 6.10 Å². The van der Waals surface area contributed by atoms with Crippen molar-refractivity contribution in [2.45, 2.75) is 31.9 Å². The average Bonchev–Trinajstić information content (AvgIpc) is 2.38. The maximum absolute atomic E-state index is 6.24. The van der Waals surface area contributed by atoms with Gasteiger partial charge in [-0.3, -0.25) is 0 Å². The molecule has 0 aromatic rings. The van der Waals surface area contributed by atoms with Crippen LogP contribution >= 0.6 is 0 Å². The van der Waals surface area contributed by atoms with Gasteiger partial charge in [0.15, 0.2) is 0 Å². The van der Waals surface area contributed by atoms with Crippen molar-refractivity contribution in [3.63, 3.8) is 0 Å². The smallest absolute Gasteiger partial charge is 0.379 e. The predicted molar refractivity (Wildman–Crippen MR) is 70.6 cm³/mol. The van der Waals surface area contributed by atoms with Crippen LogP contribution < -0.4 is 0 Å². The Bertz CT molecular complexity index is 256. The third-order valence-corrected chi connectivity index (χ3v) is 6.34. The van der Waals surface area contributed by atoms with Gasteiger partial charge in [0.05, 0.1) is 12.7 Å². The lowest BCUT2D eigenvalue weighted by Crippen LogP contribution is -2.52. The van der Waals surface area contributed by atoms with Crippen LogP contribution in [0.3, 0.4) is 0 Å². The van der Waals surface area contributed by atoms with Crippen molar-refractivity contribution < 1.29 is 18.0 Å². The summed E-state index contributed by atoms with van der Waals surface area (Å²) < 4.78 is 23.8.